The minimum atomic E-state index is -3.87. The van der Waals surface area contributed by atoms with Crippen LogP contribution in [0.4, 0.5) is 5.69 Å². The summed E-state index contributed by atoms with van der Waals surface area (Å²) in [6.45, 7) is 11.3. The third-order valence-electron chi connectivity index (χ3n) is 12.8. The maximum Gasteiger partial charge on any atom is 0.313 e. The molecule has 2 aromatic rings. The Bertz CT molecular complexity index is 2480. The number of anilines is 1. The highest BCUT2D eigenvalue weighted by molar-refractivity contribution is 7.57. The molecule has 27 heteroatoms. The predicted octanol–water partition coefficient (Wildman–Crippen LogP) is 2.36. The Morgan fingerprint density at radius 3 is 2.19 bits per heavy atom. The zero-order chi connectivity index (χ0) is 58.1. The van der Waals surface area contributed by atoms with Crippen molar-refractivity contribution in [3.63, 3.8) is 0 Å². The van der Waals surface area contributed by atoms with Gasteiger partial charge >= 0.3 is 31.3 Å². The van der Waals surface area contributed by atoms with Gasteiger partial charge in [0.1, 0.15) is 22.5 Å². The van der Waals surface area contributed by atoms with Crippen LogP contribution >= 0.6 is 18.9 Å². The lowest BCUT2D eigenvalue weighted by Gasteiger charge is -2.38. The number of amides is 6. The molecule has 1 aliphatic rings. The predicted molar refractivity (Wildman–Crippen MR) is 289 cm³/mol. The van der Waals surface area contributed by atoms with Crippen LogP contribution in [0.2, 0.25) is 0 Å². The first-order chi connectivity index (χ1) is 36.9. The van der Waals surface area contributed by atoms with E-state index in [4.69, 9.17) is 27.1 Å². The summed E-state index contributed by atoms with van der Waals surface area (Å²) in [6.07, 6.45) is 12.3. The summed E-state index contributed by atoms with van der Waals surface area (Å²) in [7, 11) is -0.292. The number of esters is 1. The van der Waals surface area contributed by atoms with E-state index in [2.05, 4.69) is 36.4 Å². The normalized spacial score (nSPS) is 15.9. The number of carboxylic acid groups (broad SMARTS) is 1. The number of ether oxygens (including phenoxy) is 3. The van der Waals surface area contributed by atoms with Gasteiger partial charge in [0.15, 0.2) is 6.10 Å². The van der Waals surface area contributed by atoms with Gasteiger partial charge in [-0.1, -0.05) is 53.5 Å². The van der Waals surface area contributed by atoms with E-state index in [0.717, 1.165) is 30.7 Å². The minimum absolute atomic E-state index is 0.00499. The van der Waals surface area contributed by atoms with Gasteiger partial charge in [0.2, 0.25) is 17.7 Å². The van der Waals surface area contributed by atoms with Crippen molar-refractivity contribution in [3.8, 4) is 30.4 Å². The van der Waals surface area contributed by atoms with Gasteiger partial charge in [0.05, 0.1) is 50.5 Å². The Hall–Kier alpha value is -6.48. The van der Waals surface area contributed by atoms with Crippen LogP contribution in [0.5, 0.6) is 5.75 Å². The van der Waals surface area contributed by atoms with Crippen molar-refractivity contribution in [2.45, 2.75) is 123 Å². The Morgan fingerprint density at radius 2 is 1.60 bits per heavy atom. The Balaban J connectivity index is 1.64. The van der Waals surface area contributed by atoms with Gasteiger partial charge in [0, 0.05) is 44.4 Å². The number of nitrogens with zero attached hydrogens (tertiary/aromatic N) is 3. The highest BCUT2D eigenvalue weighted by atomic mass is 32.1. The lowest BCUT2D eigenvalue weighted by Crippen LogP contribution is -2.58. The summed E-state index contributed by atoms with van der Waals surface area (Å²) in [5.74, 6) is -3.13. The first kappa shape index (κ1) is 65.8. The molecule has 1 saturated heterocycles. The first-order valence-electron chi connectivity index (χ1n) is 25.6. The summed E-state index contributed by atoms with van der Waals surface area (Å²) in [5.41, 5.74) is 4.57. The molecule has 2 heterocycles. The van der Waals surface area contributed by atoms with Crippen LogP contribution in [0.3, 0.4) is 0 Å². The van der Waals surface area contributed by atoms with Crippen LogP contribution in [0.1, 0.15) is 114 Å². The molecule has 0 radical (unpaired) electrons. The number of hydrogen-bond acceptors (Lipinski definition) is 16. The minimum Gasteiger partial charge on any atom is -0.506 e. The number of aromatic nitrogens is 1. The van der Waals surface area contributed by atoms with Crippen molar-refractivity contribution < 1.29 is 67.3 Å². The molecule has 0 aliphatic carbocycles. The van der Waals surface area contributed by atoms with Crippen molar-refractivity contribution in [3.05, 3.63) is 39.8 Å². The second-order valence-electron chi connectivity index (χ2n) is 19.2. The second kappa shape index (κ2) is 33.1. The summed E-state index contributed by atoms with van der Waals surface area (Å²) in [5, 5.41) is 37.7. The molecule has 0 saturated carbocycles. The van der Waals surface area contributed by atoms with Gasteiger partial charge in [-0.3, -0.25) is 58.7 Å². The number of likely N-dealkylation sites (tertiary alicyclic amines) is 1. The van der Waals surface area contributed by atoms with Crippen molar-refractivity contribution in [2.75, 3.05) is 58.9 Å². The van der Waals surface area contributed by atoms with Crippen LogP contribution < -0.4 is 42.3 Å². The molecule has 1 fully saturated rings. The second-order valence-corrected chi connectivity index (χ2v) is 22.1. The van der Waals surface area contributed by atoms with Gasteiger partial charge < -0.3 is 45.3 Å². The number of thiazole rings is 1. The molecule has 10 N–H and O–H groups in total. The maximum atomic E-state index is 14.3. The van der Waals surface area contributed by atoms with Crippen molar-refractivity contribution in [1.29, 1.82) is 0 Å². The molecule has 7 atom stereocenters. The monoisotopic (exact) mass is 1130 g/mol. The smallest absolute Gasteiger partial charge is 0.313 e. The summed E-state index contributed by atoms with van der Waals surface area (Å²) in [6, 6.07) is 2.02. The highest BCUT2D eigenvalue weighted by Gasteiger charge is 2.38. The first-order valence-corrected chi connectivity index (χ1v) is 28.1. The quantitative estimate of drug-likeness (QED) is 0.0122. The summed E-state index contributed by atoms with van der Waals surface area (Å²) >= 11 is 1.08. The van der Waals surface area contributed by atoms with Crippen LogP contribution in [0.15, 0.2) is 23.6 Å². The number of carbonyl (C=O) groups is 8. The number of aliphatic carboxylic acids is 1. The number of carbonyl (C=O) groups excluding carboxylic acids is 7. The number of nitrogens with one attached hydrogen (secondary N) is 8. The van der Waals surface area contributed by atoms with E-state index in [0.29, 0.717) is 23.4 Å². The highest BCUT2D eigenvalue weighted by Crippen LogP contribution is 2.32. The summed E-state index contributed by atoms with van der Waals surface area (Å²) < 4.78 is 29.6. The standard InChI is InChI=1S/C51H76N11O14PS/c1-11-32(6)46(56-48(69)39-16-14-15-21-61(39)9)50(70)62(10)40(31(4)5)29-42(76-34(8)63)49-55-38(30-78-49)47(68)53-36(26-33(7)51(71)72)27-35-17-18-41(64)37(28-35)54-45(67)19-22-74-24-25-75-23-20-52-77(73,59-57-43(65)12-2)60-58-44(66)13-3/h2-3,17-18,28,30-33,36,39-40,42,46,64H,11,14-16,19-27,29H2,1,4-10H3,(H,53,68)(H,54,67)(H,56,69)(H,57,65)(H,58,66)(H,71,72)(H3,52,59,60,73)/t32-,33?,36+,39?,40+,42+,46-/m0/s1. The number of phenolic OH excluding ortho intramolecular Hbond substituents is 1. The van der Waals surface area contributed by atoms with Gasteiger partial charge in [-0.05, 0) is 80.6 Å². The SMILES string of the molecule is C#CC(=O)NNP(=O)(NCCOCCOCCC(=O)Nc1cc(C[C@@H](CC(C)C(=O)O)NC(=O)c2csc([C@@H](C[C@H](C(C)C)N(C)C(=O)[C@@H](NC(=O)C3CCCCN3C)[C@@H](C)CC)OC(C)=O)n2)ccc1O)NNC(=O)C#C. The molecule has 1 aromatic heterocycles. The molecule has 1 aliphatic heterocycles. The maximum absolute atomic E-state index is 14.3. The van der Waals surface area contributed by atoms with E-state index >= 15 is 0 Å². The lowest BCUT2D eigenvalue weighted by atomic mass is 9.92. The van der Waals surface area contributed by atoms with Crippen molar-refractivity contribution in [2.24, 2.45) is 17.8 Å². The molecule has 430 valence electrons. The third kappa shape index (κ3) is 22.1. The zero-order valence-electron chi connectivity index (χ0n) is 45.5. The average molecular weight is 1130 g/mol. The summed E-state index contributed by atoms with van der Waals surface area (Å²) in [4.78, 5) is 110. The number of likely N-dealkylation sites (N-methyl/N-ethyl adjacent to an activating group) is 2. The number of piperidine rings is 1. The van der Waals surface area contributed by atoms with Crippen molar-refractivity contribution in [1.82, 2.24) is 51.7 Å². The fraction of sp³-hybridized carbons (Fsp3) is 0.588. The van der Waals surface area contributed by atoms with E-state index in [9.17, 15) is 53.1 Å². The zero-order valence-corrected chi connectivity index (χ0v) is 47.2. The van der Waals surface area contributed by atoms with Crippen LogP contribution in [-0.2, 0) is 58.8 Å². The van der Waals surface area contributed by atoms with E-state index < -0.39 is 73.3 Å². The molecule has 0 spiro atoms. The molecule has 0 bridgehead atoms. The topological polar surface area (TPSA) is 337 Å². The van der Waals surface area contributed by atoms with E-state index in [1.807, 2.05) is 50.5 Å². The molecule has 6 amide bonds. The van der Waals surface area contributed by atoms with Crippen LogP contribution in [0, 0.1) is 42.4 Å². The molecular formula is C51H76N11O14PS. The number of rotatable bonds is 33. The Labute approximate surface area is 459 Å². The molecule has 25 nitrogen and oxygen atoms in total. The number of carboxylic acids is 1. The fourth-order valence-corrected chi connectivity index (χ4v) is 10.2. The molecular weight excluding hydrogens is 1050 g/mol. The molecule has 3 rings (SSSR count). The van der Waals surface area contributed by atoms with Crippen LogP contribution in [-0.4, -0.2) is 150 Å². The van der Waals surface area contributed by atoms with Gasteiger partial charge in [0.25, 0.3) is 5.91 Å². The number of benzene rings is 1. The van der Waals surface area contributed by atoms with Gasteiger partial charge in [-0.25, -0.2) is 10.1 Å². The third-order valence-corrected chi connectivity index (χ3v) is 15.3. The van der Waals surface area contributed by atoms with Crippen molar-refractivity contribution >= 4 is 72.0 Å². The largest absolute Gasteiger partial charge is 0.506 e. The lowest BCUT2D eigenvalue weighted by molar-refractivity contribution is -0.149. The molecule has 2 unspecified atom stereocenters. The van der Waals surface area contributed by atoms with Gasteiger partial charge in [-0.2, -0.15) is 10.4 Å². The Morgan fingerprint density at radius 1 is 0.949 bits per heavy atom. The Kier molecular flexibility index (Phi) is 27.9. The molecule has 1 aromatic carbocycles. The fourth-order valence-electron chi connectivity index (χ4n) is 8.25. The number of hydrogen-bond donors (Lipinski definition) is 10. The number of aromatic hydroxyl groups is 1. The number of phenols is 1. The van der Waals surface area contributed by atoms with E-state index in [1.54, 1.807) is 29.9 Å². The van der Waals surface area contributed by atoms with Crippen LogP contribution in [0.25, 0.3) is 0 Å². The molecule has 78 heavy (non-hydrogen) atoms. The number of terminal acetylenes is 2. The van der Waals surface area contributed by atoms with Gasteiger partial charge in [-0.15, -0.1) is 24.2 Å². The number of hydrazine groups is 2. The average Bonchev–Trinajstić information content (AvgIpc) is 3.92. The van der Waals surface area contributed by atoms with E-state index in [1.165, 1.54) is 31.4 Å². The van der Waals surface area contributed by atoms with E-state index in [-0.39, 0.29) is 105 Å².